The van der Waals surface area contributed by atoms with E-state index in [0.717, 1.165) is 6.42 Å². The molecule has 2 atom stereocenters. The van der Waals surface area contributed by atoms with E-state index in [-0.39, 0.29) is 11.4 Å². The molecule has 1 aliphatic carbocycles. The van der Waals surface area contributed by atoms with Crippen LogP contribution in [0.5, 0.6) is 0 Å². The molecular weight excluding hydrogens is 152 g/mol. The standard InChI is InChI=1S/C9H16N2O/c1-9(2)8(12)10-6-4-3-5-7(6)11-9/h6-7,11H,3-5H2,1-2H3,(H,10,12)/t6-,7+/m1/s1. The Kier molecular flexibility index (Phi) is 1.65. The highest BCUT2D eigenvalue weighted by atomic mass is 16.2. The highest BCUT2D eigenvalue weighted by Crippen LogP contribution is 2.25. The van der Waals surface area contributed by atoms with Crippen molar-refractivity contribution in [3.05, 3.63) is 0 Å². The fraction of sp³-hybridized carbons (Fsp3) is 0.889. The van der Waals surface area contributed by atoms with E-state index in [2.05, 4.69) is 10.6 Å². The van der Waals surface area contributed by atoms with Crippen molar-refractivity contribution in [2.75, 3.05) is 0 Å². The lowest BCUT2D eigenvalue weighted by Crippen LogP contribution is -2.67. The largest absolute Gasteiger partial charge is 0.350 e. The summed E-state index contributed by atoms with van der Waals surface area (Å²) in [6.07, 6.45) is 3.58. The molecule has 1 saturated carbocycles. The molecule has 0 aromatic heterocycles. The lowest BCUT2D eigenvalue weighted by molar-refractivity contribution is -0.129. The molecule has 0 aromatic rings. The molecule has 1 heterocycles. The van der Waals surface area contributed by atoms with Gasteiger partial charge in [-0.3, -0.25) is 10.1 Å². The fourth-order valence-electron chi connectivity index (χ4n) is 2.18. The third-order valence-electron chi connectivity index (χ3n) is 2.95. The van der Waals surface area contributed by atoms with Gasteiger partial charge in [-0.1, -0.05) is 0 Å². The third kappa shape index (κ3) is 1.12. The molecule has 1 saturated heterocycles. The number of carbonyl (C=O) groups is 1. The lowest BCUT2D eigenvalue weighted by Gasteiger charge is -2.38. The van der Waals surface area contributed by atoms with Crippen molar-refractivity contribution in [3.8, 4) is 0 Å². The maximum Gasteiger partial charge on any atom is 0.240 e. The minimum absolute atomic E-state index is 0.144. The molecule has 68 valence electrons. The molecule has 0 spiro atoms. The third-order valence-corrected chi connectivity index (χ3v) is 2.95. The van der Waals surface area contributed by atoms with Crippen molar-refractivity contribution in [1.29, 1.82) is 0 Å². The molecular formula is C9H16N2O. The first kappa shape index (κ1) is 8.05. The second-order valence-corrected chi connectivity index (χ2v) is 4.39. The number of hydrogen-bond donors (Lipinski definition) is 2. The Bertz CT molecular complexity index is 213. The average molecular weight is 168 g/mol. The summed E-state index contributed by atoms with van der Waals surface area (Å²) in [4.78, 5) is 11.5. The zero-order valence-electron chi connectivity index (χ0n) is 7.68. The van der Waals surface area contributed by atoms with E-state index in [0.29, 0.717) is 12.1 Å². The first-order valence-electron chi connectivity index (χ1n) is 4.68. The molecule has 2 rings (SSSR count). The summed E-state index contributed by atoms with van der Waals surface area (Å²) in [6, 6.07) is 0.906. The Morgan fingerprint density at radius 3 is 2.75 bits per heavy atom. The summed E-state index contributed by atoms with van der Waals surface area (Å²) in [5, 5.41) is 6.46. The summed E-state index contributed by atoms with van der Waals surface area (Å²) in [6.45, 7) is 3.88. The maximum atomic E-state index is 11.5. The van der Waals surface area contributed by atoms with Crippen molar-refractivity contribution >= 4 is 5.91 Å². The SMILES string of the molecule is CC1(C)N[C@H]2CCC[C@H]2NC1=O. The van der Waals surface area contributed by atoms with Gasteiger partial charge in [0, 0.05) is 12.1 Å². The van der Waals surface area contributed by atoms with Gasteiger partial charge in [0.15, 0.2) is 0 Å². The summed E-state index contributed by atoms with van der Waals surface area (Å²) in [5.41, 5.74) is -0.370. The number of fused-ring (bicyclic) bond motifs is 1. The van der Waals surface area contributed by atoms with Crippen LogP contribution in [-0.2, 0) is 4.79 Å². The van der Waals surface area contributed by atoms with Gasteiger partial charge in [-0.25, -0.2) is 0 Å². The molecule has 0 radical (unpaired) electrons. The molecule has 2 fully saturated rings. The van der Waals surface area contributed by atoms with Crippen LogP contribution >= 0.6 is 0 Å². The number of hydrogen-bond acceptors (Lipinski definition) is 2. The normalized spacial score (nSPS) is 39.0. The topological polar surface area (TPSA) is 41.1 Å². The van der Waals surface area contributed by atoms with Crippen LogP contribution in [0.4, 0.5) is 0 Å². The zero-order valence-corrected chi connectivity index (χ0v) is 7.68. The Labute approximate surface area is 72.9 Å². The van der Waals surface area contributed by atoms with E-state index in [9.17, 15) is 4.79 Å². The Balaban J connectivity index is 2.14. The predicted octanol–water partition coefficient (Wildman–Crippen LogP) is 0.405. The molecule has 12 heavy (non-hydrogen) atoms. The summed E-state index contributed by atoms with van der Waals surface area (Å²) >= 11 is 0. The summed E-state index contributed by atoms with van der Waals surface area (Å²) in [7, 11) is 0. The number of amides is 1. The molecule has 0 bridgehead atoms. The number of piperazine rings is 1. The van der Waals surface area contributed by atoms with Crippen LogP contribution in [0.1, 0.15) is 33.1 Å². The fourth-order valence-corrected chi connectivity index (χ4v) is 2.18. The number of nitrogens with one attached hydrogen (secondary N) is 2. The molecule has 2 N–H and O–H groups in total. The first-order valence-corrected chi connectivity index (χ1v) is 4.68. The van der Waals surface area contributed by atoms with Crippen molar-refractivity contribution in [2.45, 2.75) is 50.7 Å². The van der Waals surface area contributed by atoms with Crippen LogP contribution in [0.15, 0.2) is 0 Å². The van der Waals surface area contributed by atoms with Crippen LogP contribution in [0.3, 0.4) is 0 Å². The van der Waals surface area contributed by atoms with E-state index in [1.165, 1.54) is 12.8 Å². The molecule has 0 aromatic carbocycles. The number of carbonyl (C=O) groups excluding carboxylic acids is 1. The molecule has 1 aliphatic heterocycles. The molecule has 1 amide bonds. The van der Waals surface area contributed by atoms with Crippen molar-refractivity contribution in [3.63, 3.8) is 0 Å². The van der Waals surface area contributed by atoms with Crippen molar-refractivity contribution < 1.29 is 4.79 Å². The minimum atomic E-state index is -0.370. The Morgan fingerprint density at radius 1 is 1.33 bits per heavy atom. The lowest BCUT2D eigenvalue weighted by atomic mass is 9.96. The molecule has 2 aliphatic rings. The van der Waals surface area contributed by atoms with Crippen LogP contribution in [-0.4, -0.2) is 23.5 Å². The Morgan fingerprint density at radius 2 is 2.00 bits per heavy atom. The van der Waals surface area contributed by atoms with Gasteiger partial charge in [0.25, 0.3) is 0 Å². The van der Waals surface area contributed by atoms with E-state index < -0.39 is 0 Å². The van der Waals surface area contributed by atoms with Gasteiger partial charge in [0.1, 0.15) is 0 Å². The summed E-state index contributed by atoms with van der Waals surface area (Å²) in [5.74, 6) is 0.144. The quantitative estimate of drug-likeness (QED) is 0.550. The van der Waals surface area contributed by atoms with Gasteiger partial charge in [0.2, 0.25) is 5.91 Å². The van der Waals surface area contributed by atoms with Gasteiger partial charge in [0.05, 0.1) is 5.54 Å². The second kappa shape index (κ2) is 2.46. The van der Waals surface area contributed by atoms with Gasteiger partial charge in [-0.05, 0) is 33.1 Å². The van der Waals surface area contributed by atoms with Crippen molar-refractivity contribution in [1.82, 2.24) is 10.6 Å². The summed E-state index contributed by atoms with van der Waals surface area (Å²) < 4.78 is 0. The van der Waals surface area contributed by atoms with Crippen LogP contribution in [0.2, 0.25) is 0 Å². The van der Waals surface area contributed by atoms with Gasteiger partial charge in [-0.2, -0.15) is 0 Å². The first-order chi connectivity index (χ1) is 5.59. The van der Waals surface area contributed by atoms with Gasteiger partial charge in [-0.15, -0.1) is 0 Å². The average Bonchev–Trinajstić information content (AvgIpc) is 2.35. The molecule has 3 nitrogen and oxygen atoms in total. The second-order valence-electron chi connectivity index (χ2n) is 4.39. The zero-order chi connectivity index (χ0) is 8.77. The number of rotatable bonds is 0. The van der Waals surface area contributed by atoms with E-state index >= 15 is 0 Å². The van der Waals surface area contributed by atoms with Crippen LogP contribution in [0.25, 0.3) is 0 Å². The predicted molar refractivity (Wildman–Crippen MR) is 46.8 cm³/mol. The monoisotopic (exact) mass is 168 g/mol. The minimum Gasteiger partial charge on any atom is -0.350 e. The van der Waals surface area contributed by atoms with Crippen LogP contribution in [0, 0.1) is 0 Å². The van der Waals surface area contributed by atoms with E-state index in [4.69, 9.17) is 0 Å². The molecule has 0 unspecified atom stereocenters. The van der Waals surface area contributed by atoms with E-state index in [1.807, 2.05) is 13.8 Å². The smallest absolute Gasteiger partial charge is 0.240 e. The highest BCUT2D eigenvalue weighted by Gasteiger charge is 2.41. The van der Waals surface area contributed by atoms with Crippen LogP contribution < -0.4 is 10.6 Å². The highest BCUT2D eigenvalue weighted by molar-refractivity contribution is 5.86. The molecule has 3 heteroatoms. The van der Waals surface area contributed by atoms with Crippen molar-refractivity contribution in [2.24, 2.45) is 0 Å². The van der Waals surface area contributed by atoms with Gasteiger partial charge < -0.3 is 5.32 Å². The maximum absolute atomic E-state index is 11.5. The van der Waals surface area contributed by atoms with Gasteiger partial charge >= 0.3 is 0 Å². The Hall–Kier alpha value is -0.570. The van der Waals surface area contributed by atoms with E-state index in [1.54, 1.807) is 0 Å².